The van der Waals surface area contributed by atoms with Crippen molar-refractivity contribution in [1.29, 1.82) is 0 Å². The number of hydrogen-bond acceptors (Lipinski definition) is 3. The van der Waals surface area contributed by atoms with E-state index in [1.165, 1.54) is 6.07 Å². The highest BCUT2D eigenvalue weighted by Crippen LogP contribution is 2.26. The molecule has 2 N–H and O–H groups in total. The average molecular weight is 326 g/mol. The molecule has 1 aromatic carbocycles. The van der Waals surface area contributed by atoms with Gasteiger partial charge >= 0.3 is 5.97 Å². The molecular formula is C11H13Cl2NO4S. The number of halogens is 2. The smallest absolute Gasteiger partial charge is 0.304 e. The van der Waals surface area contributed by atoms with Gasteiger partial charge < -0.3 is 5.11 Å². The fourth-order valence-corrected chi connectivity index (χ4v) is 3.27. The maximum Gasteiger partial charge on any atom is 0.304 e. The van der Waals surface area contributed by atoms with Crippen LogP contribution in [0.2, 0.25) is 10.0 Å². The van der Waals surface area contributed by atoms with E-state index in [1.54, 1.807) is 19.1 Å². The van der Waals surface area contributed by atoms with Crippen LogP contribution in [0.25, 0.3) is 0 Å². The fourth-order valence-electron chi connectivity index (χ4n) is 1.47. The third kappa shape index (κ3) is 5.36. The summed E-state index contributed by atoms with van der Waals surface area (Å²) >= 11 is 11.7. The van der Waals surface area contributed by atoms with Crippen LogP contribution < -0.4 is 4.72 Å². The second kappa shape index (κ2) is 6.56. The van der Waals surface area contributed by atoms with Crippen molar-refractivity contribution in [3.05, 3.63) is 33.8 Å². The molecule has 106 valence electrons. The van der Waals surface area contributed by atoms with Crippen molar-refractivity contribution in [1.82, 2.24) is 4.72 Å². The van der Waals surface area contributed by atoms with Gasteiger partial charge in [-0.2, -0.15) is 0 Å². The molecule has 0 saturated heterocycles. The van der Waals surface area contributed by atoms with E-state index in [4.69, 9.17) is 28.3 Å². The van der Waals surface area contributed by atoms with Crippen molar-refractivity contribution < 1.29 is 18.3 Å². The Morgan fingerprint density at radius 1 is 1.42 bits per heavy atom. The van der Waals surface area contributed by atoms with Crippen molar-refractivity contribution >= 4 is 39.2 Å². The number of rotatable bonds is 6. The van der Waals surface area contributed by atoms with Crippen molar-refractivity contribution in [3.63, 3.8) is 0 Å². The molecule has 0 radical (unpaired) electrons. The fraction of sp³-hybridized carbons (Fsp3) is 0.364. The molecule has 0 bridgehead atoms. The van der Waals surface area contributed by atoms with Crippen LogP contribution in [0.5, 0.6) is 0 Å². The van der Waals surface area contributed by atoms with Crippen LogP contribution in [0.15, 0.2) is 18.2 Å². The van der Waals surface area contributed by atoms with Gasteiger partial charge in [-0.25, -0.2) is 13.1 Å². The Morgan fingerprint density at radius 3 is 2.58 bits per heavy atom. The molecule has 8 heteroatoms. The molecule has 19 heavy (non-hydrogen) atoms. The van der Waals surface area contributed by atoms with E-state index >= 15 is 0 Å². The number of benzene rings is 1. The molecule has 0 aliphatic carbocycles. The third-order valence-electron chi connectivity index (χ3n) is 2.37. The van der Waals surface area contributed by atoms with Gasteiger partial charge in [0.25, 0.3) is 0 Å². The summed E-state index contributed by atoms with van der Waals surface area (Å²) in [4.78, 5) is 10.4. The van der Waals surface area contributed by atoms with E-state index in [0.717, 1.165) is 0 Å². The number of aliphatic carboxylic acids is 1. The summed E-state index contributed by atoms with van der Waals surface area (Å²) in [5.74, 6) is -1.64. The first-order valence-electron chi connectivity index (χ1n) is 5.38. The highest BCUT2D eigenvalue weighted by Gasteiger charge is 2.18. The van der Waals surface area contributed by atoms with Gasteiger partial charge in [0, 0.05) is 16.1 Å². The maximum absolute atomic E-state index is 11.7. The molecule has 0 saturated carbocycles. The van der Waals surface area contributed by atoms with Gasteiger partial charge in [-0.1, -0.05) is 29.3 Å². The van der Waals surface area contributed by atoms with Crippen molar-refractivity contribution in [3.8, 4) is 0 Å². The Morgan fingerprint density at radius 2 is 2.05 bits per heavy atom. The van der Waals surface area contributed by atoms with Gasteiger partial charge in [-0.05, 0) is 24.6 Å². The quantitative estimate of drug-likeness (QED) is 0.841. The van der Waals surface area contributed by atoms with Gasteiger partial charge in [-0.15, -0.1) is 0 Å². The molecule has 1 rings (SSSR count). The van der Waals surface area contributed by atoms with Gasteiger partial charge in [0.15, 0.2) is 0 Å². The van der Waals surface area contributed by atoms with Crippen molar-refractivity contribution in [2.75, 3.05) is 5.75 Å². The van der Waals surface area contributed by atoms with Gasteiger partial charge in [0.2, 0.25) is 10.0 Å². The average Bonchev–Trinajstić information content (AvgIpc) is 2.25. The summed E-state index contributed by atoms with van der Waals surface area (Å²) in [7, 11) is -3.67. The van der Waals surface area contributed by atoms with Crippen LogP contribution in [0.3, 0.4) is 0 Å². The predicted molar refractivity (Wildman–Crippen MR) is 74.1 cm³/mol. The summed E-state index contributed by atoms with van der Waals surface area (Å²) in [6.45, 7) is 1.62. The minimum Gasteiger partial charge on any atom is -0.481 e. The first-order valence-corrected chi connectivity index (χ1v) is 7.79. The minimum atomic E-state index is -3.67. The first-order chi connectivity index (χ1) is 8.71. The van der Waals surface area contributed by atoms with Gasteiger partial charge in [0.1, 0.15) is 0 Å². The largest absolute Gasteiger partial charge is 0.481 e. The summed E-state index contributed by atoms with van der Waals surface area (Å²) in [6, 6.07) is 4.17. The first kappa shape index (κ1) is 16.2. The zero-order valence-electron chi connectivity index (χ0n) is 10.1. The third-order valence-corrected chi connectivity index (χ3v) is 4.39. The Labute approximate surface area is 121 Å². The molecule has 0 aliphatic rings. The van der Waals surface area contributed by atoms with Crippen molar-refractivity contribution in [2.24, 2.45) is 0 Å². The zero-order valence-corrected chi connectivity index (χ0v) is 12.4. The Balaban J connectivity index is 2.78. The van der Waals surface area contributed by atoms with Crippen LogP contribution in [-0.4, -0.2) is 25.2 Å². The molecule has 1 unspecified atom stereocenters. The van der Waals surface area contributed by atoms with Gasteiger partial charge in [0.05, 0.1) is 12.2 Å². The van der Waals surface area contributed by atoms with E-state index in [0.29, 0.717) is 15.6 Å². The number of hydrogen-bond donors (Lipinski definition) is 2. The summed E-state index contributed by atoms with van der Waals surface area (Å²) < 4.78 is 25.7. The number of carbonyl (C=O) groups is 1. The topological polar surface area (TPSA) is 83.5 Å². The monoisotopic (exact) mass is 325 g/mol. The highest BCUT2D eigenvalue weighted by molar-refractivity contribution is 7.89. The van der Waals surface area contributed by atoms with Crippen LogP contribution in [0, 0.1) is 0 Å². The molecule has 5 nitrogen and oxygen atoms in total. The molecule has 0 amide bonds. The molecule has 0 aliphatic heterocycles. The number of nitrogens with one attached hydrogen (secondary N) is 1. The van der Waals surface area contributed by atoms with E-state index < -0.39 is 34.2 Å². The normalized spacial score (nSPS) is 13.2. The molecule has 0 spiro atoms. The minimum absolute atomic E-state index is 0.348. The SMILES string of the molecule is CC(NS(=O)(=O)CCC(=O)O)c1ccc(Cl)cc1Cl. The van der Waals surface area contributed by atoms with E-state index in [9.17, 15) is 13.2 Å². The standard InChI is InChI=1S/C11H13Cl2NO4S/c1-7(9-3-2-8(12)6-10(9)13)14-19(17,18)5-4-11(15)16/h2-3,6-7,14H,4-5H2,1H3,(H,15,16). The summed E-state index contributed by atoms with van der Waals surface area (Å²) in [5.41, 5.74) is 0.574. The summed E-state index contributed by atoms with van der Waals surface area (Å²) in [5, 5.41) is 9.28. The maximum atomic E-state index is 11.7. The Hall–Kier alpha value is -0.820. The zero-order chi connectivity index (χ0) is 14.6. The molecule has 0 aromatic heterocycles. The molecule has 0 fully saturated rings. The van der Waals surface area contributed by atoms with Crippen LogP contribution >= 0.6 is 23.2 Å². The Kier molecular flexibility index (Phi) is 5.61. The lowest BCUT2D eigenvalue weighted by atomic mass is 10.1. The number of sulfonamides is 1. The predicted octanol–water partition coefficient (Wildman–Crippen LogP) is 2.45. The highest BCUT2D eigenvalue weighted by atomic mass is 35.5. The van der Waals surface area contributed by atoms with Crippen molar-refractivity contribution in [2.45, 2.75) is 19.4 Å². The van der Waals surface area contributed by atoms with Gasteiger partial charge in [-0.3, -0.25) is 4.79 Å². The van der Waals surface area contributed by atoms with E-state index in [-0.39, 0.29) is 0 Å². The summed E-state index contributed by atoms with van der Waals surface area (Å²) in [6.07, 6.45) is -0.448. The van der Waals surface area contributed by atoms with Crippen LogP contribution in [-0.2, 0) is 14.8 Å². The van der Waals surface area contributed by atoms with Crippen LogP contribution in [0.4, 0.5) is 0 Å². The lowest BCUT2D eigenvalue weighted by Gasteiger charge is -2.15. The molecule has 0 heterocycles. The molecule has 1 atom stereocenters. The molecule has 1 aromatic rings. The lowest BCUT2D eigenvalue weighted by molar-refractivity contribution is -0.136. The lowest BCUT2D eigenvalue weighted by Crippen LogP contribution is -2.30. The van der Waals surface area contributed by atoms with E-state index in [1.807, 2.05) is 0 Å². The van der Waals surface area contributed by atoms with Crippen LogP contribution in [0.1, 0.15) is 24.9 Å². The second-order valence-corrected chi connectivity index (χ2v) is 6.69. The number of carboxylic acid groups (broad SMARTS) is 1. The second-order valence-electron chi connectivity index (χ2n) is 3.97. The Bertz CT molecular complexity index is 574. The molecular weight excluding hydrogens is 313 g/mol. The van der Waals surface area contributed by atoms with E-state index in [2.05, 4.69) is 4.72 Å². The number of carboxylic acids is 1.